The van der Waals surface area contributed by atoms with Crippen molar-refractivity contribution in [3.63, 3.8) is 0 Å². The number of ether oxygens (including phenoxy) is 1. The highest BCUT2D eigenvalue weighted by Gasteiger charge is 2.05. The maximum absolute atomic E-state index is 10.2. The molecule has 0 atom stereocenters. The highest BCUT2D eigenvalue weighted by Crippen LogP contribution is 2.25. The van der Waals surface area contributed by atoms with E-state index < -0.39 is 0 Å². The molecule has 0 aliphatic rings. The lowest BCUT2D eigenvalue weighted by molar-refractivity contribution is -0.109. The molecule has 2 N–H and O–H groups in total. The molecule has 0 unspecified atom stereocenters. The molecule has 0 fully saturated rings. The Morgan fingerprint density at radius 3 is 2.86 bits per heavy atom. The summed E-state index contributed by atoms with van der Waals surface area (Å²) in [6.45, 7) is 0.469. The fraction of sp³-hybridized carbons (Fsp3) is 0.300. The second-order valence-corrected chi connectivity index (χ2v) is 2.83. The maximum atomic E-state index is 10.2. The van der Waals surface area contributed by atoms with E-state index in [9.17, 15) is 4.79 Å². The van der Waals surface area contributed by atoms with Crippen LogP contribution in [0.1, 0.15) is 0 Å². The van der Waals surface area contributed by atoms with E-state index in [1.807, 2.05) is 36.2 Å². The van der Waals surface area contributed by atoms with E-state index in [1.165, 1.54) is 0 Å². The Labute approximate surface area is 83.3 Å². The van der Waals surface area contributed by atoms with Crippen molar-refractivity contribution in [2.75, 3.05) is 25.2 Å². The quantitative estimate of drug-likeness (QED) is 0.551. The molecule has 0 heterocycles. The van der Waals surface area contributed by atoms with E-state index >= 15 is 0 Å². The van der Waals surface area contributed by atoms with Gasteiger partial charge in [-0.3, -0.25) is 4.79 Å². The van der Waals surface area contributed by atoms with Crippen molar-refractivity contribution >= 4 is 12.0 Å². The predicted octanol–water partition coefficient (Wildman–Crippen LogP) is 0.617. The summed E-state index contributed by atoms with van der Waals surface area (Å²) >= 11 is 0. The Morgan fingerprint density at radius 2 is 2.21 bits per heavy atom. The number of carbonyl (C=O) groups excluding carboxylic acids is 1. The summed E-state index contributed by atoms with van der Waals surface area (Å²) in [5.41, 5.74) is 6.39. The molecule has 0 aliphatic heterocycles. The minimum absolute atomic E-state index is 0.0649. The van der Waals surface area contributed by atoms with Crippen LogP contribution in [0.15, 0.2) is 24.3 Å². The number of nitrogens with two attached hydrogens (primary N) is 1. The number of para-hydroxylation sites is 2. The molecule has 1 aromatic carbocycles. The Hall–Kier alpha value is -1.55. The van der Waals surface area contributed by atoms with Crippen LogP contribution in [-0.2, 0) is 4.79 Å². The van der Waals surface area contributed by atoms with Crippen molar-refractivity contribution in [1.82, 2.24) is 0 Å². The number of benzene rings is 1. The maximum Gasteiger partial charge on any atom is 0.157 e. The first-order valence-electron chi connectivity index (χ1n) is 4.36. The summed E-state index contributed by atoms with van der Waals surface area (Å²) in [4.78, 5) is 12.0. The summed E-state index contributed by atoms with van der Waals surface area (Å²) in [6.07, 6.45) is 0.721. The Kier molecular flexibility index (Phi) is 3.94. The average molecular weight is 194 g/mol. The van der Waals surface area contributed by atoms with Gasteiger partial charge in [0.05, 0.1) is 12.4 Å². The third-order valence-electron chi connectivity index (χ3n) is 1.86. The first-order chi connectivity index (χ1) is 6.79. The zero-order valence-electron chi connectivity index (χ0n) is 8.14. The molecule has 0 radical (unpaired) electrons. The van der Waals surface area contributed by atoms with Crippen molar-refractivity contribution in [2.24, 2.45) is 5.73 Å². The van der Waals surface area contributed by atoms with Gasteiger partial charge < -0.3 is 15.4 Å². The molecule has 1 rings (SSSR count). The van der Waals surface area contributed by atoms with Gasteiger partial charge >= 0.3 is 0 Å². The van der Waals surface area contributed by atoms with Crippen molar-refractivity contribution in [3.8, 4) is 5.75 Å². The number of carbonyl (C=O) groups is 1. The second-order valence-electron chi connectivity index (χ2n) is 2.83. The van der Waals surface area contributed by atoms with Gasteiger partial charge in [0.25, 0.3) is 0 Å². The van der Waals surface area contributed by atoms with Crippen LogP contribution in [0, 0.1) is 0 Å². The summed E-state index contributed by atoms with van der Waals surface area (Å²) in [6, 6.07) is 7.46. The lowest BCUT2D eigenvalue weighted by atomic mass is 10.3. The number of anilines is 1. The first-order valence-corrected chi connectivity index (χ1v) is 4.36. The Bertz CT molecular complexity index is 302. The molecule has 0 spiro atoms. The van der Waals surface area contributed by atoms with Crippen molar-refractivity contribution in [2.45, 2.75) is 0 Å². The number of hydrogen-bond acceptors (Lipinski definition) is 4. The average Bonchev–Trinajstić information content (AvgIpc) is 2.25. The topological polar surface area (TPSA) is 55.6 Å². The van der Waals surface area contributed by atoms with E-state index in [2.05, 4.69) is 0 Å². The zero-order chi connectivity index (χ0) is 10.4. The van der Waals surface area contributed by atoms with Gasteiger partial charge in [-0.2, -0.15) is 0 Å². The van der Waals surface area contributed by atoms with Gasteiger partial charge in [0.1, 0.15) is 12.4 Å². The molecule has 0 aliphatic carbocycles. The van der Waals surface area contributed by atoms with Gasteiger partial charge in [-0.15, -0.1) is 0 Å². The Morgan fingerprint density at radius 1 is 1.50 bits per heavy atom. The molecule has 76 valence electrons. The number of hydrogen-bond donors (Lipinski definition) is 1. The number of nitrogens with zero attached hydrogens (tertiary/aromatic N) is 1. The van der Waals surface area contributed by atoms with E-state index in [-0.39, 0.29) is 6.61 Å². The predicted molar refractivity (Wildman–Crippen MR) is 55.5 cm³/mol. The second kappa shape index (κ2) is 5.24. The van der Waals surface area contributed by atoms with Gasteiger partial charge in [0.15, 0.2) is 6.29 Å². The van der Waals surface area contributed by atoms with Crippen LogP contribution < -0.4 is 15.4 Å². The van der Waals surface area contributed by atoms with Crippen LogP contribution in [0.4, 0.5) is 5.69 Å². The van der Waals surface area contributed by atoms with Crippen molar-refractivity contribution in [3.05, 3.63) is 24.3 Å². The first kappa shape index (κ1) is 10.5. The Balaban J connectivity index is 2.84. The molecule has 0 bridgehead atoms. The molecule has 1 aromatic rings. The molecular weight excluding hydrogens is 180 g/mol. The summed E-state index contributed by atoms with van der Waals surface area (Å²) in [5.74, 6) is 0.674. The van der Waals surface area contributed by atoms with Crippen LogP contribution in [0.25, 0.3) is 0 Å². The highest BCUT2D eigenvalue weighted by atomic mass is 16.5. The van der Waals surface area contributed by atoms with Gasteiger partial charge in [-0.1, -0.05) is 12.1 Å². The lowest BCUT2D eigenvalue weighted by Gasteiger charge is -2.19. The lowest BCUT2D eigenvalue weighted by Crippen LogP contribution is -2.25. The number of rotatable bonds is 5. The van der Waals surface area contributed by atoms with Gasteiger partial charge in [0.2, 0.25) is 0 Å². The van der Waals surface area contributed by atoms with E-state index in [1.54, 1.807) is 0 Å². The van der Waals surface area contributed by atoms with Crippen LogP contribution in [0.5, 0.6) is 5.75 Å². The van der Waals surface area contributed by atoms with Crippen LogP contribution >= 0.6 is 0 Å². The molecule has 14 heavy (non-hydrogen) atoms. The van der Waals surface area contributed by atoms with Crippen molar-refractivity contribution in [1.29, 1.82) is 0 Å². The third-order valence-corrected chi connectivity index (χ3v) is 1.86. The monoisotopic (exact) mass is 194 g/mol. The fourth-order valence-corrected chi connectivity index (χ4v) is 1.12. The van der Waals surface area contributed by atoms with Crippen LogP contribution in [0.2, 0.25) is 0 Å². The minimum Gasteiger partial charge on any atom is -0.484 e. The zero-order valence-corrected chi connectivity index (χ0v) is 8.14. The SMILES string of the molecule is CN(CN)c1ccccc1OCC=O. The molecule has 0 saturated carbocycles. The van der Waals surface area contributed by atoms with Crippen molar-refractivity contribution < 1.29 is 9.53 Å². The normalized spacial score (nSPS) is 9.57. The molecule has 0 saturated heterocycles. The molecule has 4 heteroatoms. The largest absolute Gasteiger partial charge is 0.484 e. The van der Waals surface area contributed by atoms with E-state index in [0.29, 0.717) is 12.4 Å². The summed E-state index contributed by atoms with van der Waals surface area (Å²) < 4.78 is 5.24. The fourth-order valence-electron chi connectivity index (χ4n) is 1.12. The van der Waals surface area contributed by atoms with E-state index in [4.69, 9.17) is 10.5 Å². The minimum atomic E-state index is 0.0649. The molecule has 4 nitrogen and oxygen atoms in total. The molecular formula is C10H14N2O2. The third kappa shape index (κ3) is 2.47. The van der Waals surface area contributed by atoms with Crippen LogP contribution in [-0.4, -0.2) is 26.6 Å². The summed E-state index contributed by atoms with van der Waals surface area (Å²) in [5, 5.41) is 0. The van der Waals surface area contributed by atoms with Gasteiger partial charge in [-0.25, -0.2) is 0 Å². The number of aldehydes is 1. The smallest absolute Gasteiger partial charge is 0.157 e. The van der Waals surface area contributed by atoms with Gasteiger partial charge in [0, 0.05) is 7.05 Å². The molecule has 0 amide bonds. The van der Waals surface area contributed by atoms with Crippen LogP contribution in [0.3, 0.4) is 0 Å². The highest BCUT2D eigenvalue weighted by molar-refractivity contribution is 5.59. The van der Waals surface area contributed by atoms with E-state index in [0.717, 1.165) is 12.0 Å². The van der Waals surface area contributed by atoms with Gasteiger partial charge in [-0.05, 0) is 12.1 Å². The standard InChI is InChI=1S/C10H14N2O2/c1-12(8-11)9-4-2-3-5-10(9)14-7-6-13/h2-6H,7-8,11H2,1H3. The molecule has 0 aromatic heterocycles. The summed E-state index contributed by atoms with van der Waals surface area (Å²) in [7, 11) is 1.86.